The molecule has 0 aliphatic heterocycles. The molecule has 0 bridgehead atoms. The second kappa shape index (κ2) is 3.11. The van der Waals surface area contributed by atoms with Crippen LogP contribution in [0.25, 0.3) is 0 Å². The quantitative estimate of drug-likeness (QED) is 0.578. The lowest BCUT2D eigenvalue weighted by Crippen LogP contribution is -1.82. The molecule has 0 amide bonds. The Hall–Kier alpha value is -0.430. The Morgan fingerprint density at radius 2 is 1.70 bits per heavy atom. The SMILES string of the molecule is Cc1ccc(C(C)[S])cc1. The van der Waals surface area contributed by atoms with Crippen LogP contribution in [0, 0.1) is 6.92 Å². The van der Waals surface area contributed by atoms with E-state index in [0.29, 0.717) is 0 Å². The van der Waals surface area contributed by atoms with Crippen molar-refractivity contribution in [2.45, 2.75) is 19.1 Å². The molecule has 1 atom stereocenters. The molecule has 0 fully saturated rings. The van der Waals surface area contributed by atoms with E-state index in [1.165, 1.54) is 11.1 Å². The predicted molar refractivity (Wildman–Crippen MR) is 47.2 cm³/mol. The van der Waals surface area contributed by atoms with E-state index in [4.69, 9.17) is 12.6 Å². The topological polar surface area (TPSA) is 0 Å². The van der Waals surface area contributed by atoms with Crippen LogP contribution in [0.4, 0.5) is 0 Å². The Bertz CT molecular complexity index is 198. The highest BCUT2D eigenvalue weighted by molar-refractivity contribution is 7.80. The van der Waals surface area contributed by atoms with Crippen LogP contribution >= 0.6 is 12.6 Å². The molecule has 10 heavy (non-hydrogen) atoms. The summed E-state index contributed by atoms with van der Waals surface area (Å²) in [6, 6.07) is 8.37. The summed E-state index contributed by atoms with van der Waals surface area (Å²) in [6.07, 6.45) is 0. The van der Waals surface area contributed by atoms with Gasteiger partial charge in [-0.05, 0) is 19.4 Å². The fraction of sp³-hybridized carbons (Fsp3) is 0.333. The molecule has 1 radical (unpaired) electrons. The first-order valence-corrected chi connectivity index (χ1v) is 3.89. The summed E-state index contributed by atoms with van der Waals surface area (Å²) >= 11 is 5.09. The number of rotatable bonds is 1. The number of hydrogen-bond donors (Lipinski definition) is 0. The van der Waals surface area contributed by atoms with Gasteiger partial charge in [0.25, 0.3) is 0 Å². The maximum Gasteiger partial charge on any atom is 0.0373 e. The van der Waals surface area contributed by atoms with E-state index in [2.05, 4.69) is 31.2 Å². The number of benzene rings is 1. The summed E-state index contributed by atoms with van der Waals surface area (Å²) in [5.74, 6) is 0. The lowest BCUT2D eigenvalue weighted by atomic mass is 10.1. The van der Waals surface area contributed by atoms with Gasteiger partial charge in [-0.1, -0.05) is 42.5 Å². The van der Waals surface area contributed by atoms with E-state index < -0.39 is 0 Å². The number of aryl methyl sites for hydroxylation is 1. The Kier molecular flexibility index (Phi) is 2.39. The average molecular weight is 151 g/mol. The van der Waals surface area contributed by atoms with Crippen molar-refractivity contribution in [3.05, 3.63) is 35.4 Å². The van der Waals surface area contributed by atoms with Crippen molar-refractivity contribution in [3.8, 4) is 0 Å². The fourth-order valence-electron chi connectivity index (χ4n) is 0.837. The molecule has 1 rings (SSSR count). The third kappa shape index (κ3) is 1.77. The minimum atomic E-state index is 0.237. The Morgan fingerprint density at radius 1 is 1.20 bits per heavy atom. The van der Waals surface area contributed by atoms with Crippen LogP contribution < -0.4 is 0 Å². The largest absolute Gasteiger partial charge is 0.0856 e. The van der Waals surface area contributed by atoms with Crippen molar-refractivity contribution in [1.82, 2.24) is 0 Å². The van der Waals surface area contributed by atoms with E-state index in [1.54, 1.807) is 0 Å². The molecule has 0 aliphatic carbocycles. The zero-order chi connectivity index (χ0) is 7.56. The molecular weight excluding hydrogens is 140 g/mol. The van der Waals surface area contributed by atoms with Crippen molar-refractivity contribution in [2.75, 3.05) is 0 Å². The molecule has 0 saturated heterocycles. The highest BCUT2D eigenvalue weighted by Gasteiger charge is 1.97. The van der Waals surface area contributed by atoms with E-state index in [9.17, 15) is 0 Å². The Labute approximate surface area is 67.7 Å². The maximum absolute atomic E-state index is 5.09. The standard InChI is InChI=1S/C9H11S/c1-7-3-5-9(6-4-7)8(2)10/h3-6,8H,1-2H3. The summed E-state index contributed by atoms with van der Waals surface area (Å²) < 4.78 is 0. The predicted octanol–water partition coefficient (Wildman–Crippen LogP) is 3.25. The van der Waals surface area contributed by atoms with Crippen molar-refractivity contribution >= 4 is 12.6 Å². The van der Waals surface area contributed by atoms with Gasteiger partial charge < -0.3 is 0 Å². The third-order valence-corrected chi connectivity index (χ3v) is 1.82. The highest BCUT2D eigenvalue weighted by atomic mass is 32.1. The molecule has 0 saturated carbocycles. The van der Waals surface area contributed by atoms with Crippen molar-refractivity contribution in [2.24, 2.45) is 0 Å². The molecule has 1 aromatic rings. The molecule has 0 aromatic heterocycles. The third-order valence-electron chi connectivity index (χ3n) is 1.55. The zero-order valence-corrected chi connectivity index (χ0v) is 7.11. The van der Waals surface area contributed by atoms with Gasteiger partial charge in [-0.2, -0.15) is 0 Å². The van der Waals surface area contributed by atoms with Gasteiger partial charge in [0, 0.05) is 5.25 Å². The molecule has 1 aromatic carbocycles. The van der Waals surface area contributed by atoms with Gasteiger partial charge in [0.15, 0.2) is 0 Å². The van der Waals surface area contributed by atoms with E-state index in [1.807, 2.05) is 6.92 Å². The first-order valence-electron chi connectivity index (χ1n) is 3.42. The van der Waals surface area contributed by atoms with Crippen LogP contribution in [0.2, 0.25) is 0 Å². The summed E-state index contributed by atoms with van der Waals surface area (Å²) in [6.45, 7) is 4.11. The van der Waals surface area contributed by atoms with Gasteiger partial charge in [0.05, 0.1) is 0 Å². The number of hydrogen-bond acceptors (Lipinski definition) is 0. The van der Waals surface area contributed by atoms with Crippen molar-refractivity contribution in [1.29, 1.82) is 0 Å². The lowest BCUT2D eigenvalue weighted by Gasteiger charge is -2.02. The van der Waals surface area contributed by atoms with Gasteiger partial charge in [-0.3, -0.25) is 0 Å². The Morgan fingerprint density at radius 3 is 2.10 bits per heavy atom. The molecule has 1 unspecified atom stereocenters. The van der Waals surface area contributed by atoms with Crippen LogP contribution in [0.5, 0.6) is 0 Å². The molecule has 0 nitrogen and oxygen atoms in total. The van der Waals surface area contributed by atoms with E-state index in [0.717, 1.165) is 0 Å². The van der Waals surface area contributed by atoms with Crippen LogP contribution in [0.15, 0.2) is 24.3 Å². The van der Waals surface area contributed by atoms with Crippen molar-refractivity contribution < 1.29 is 0 Å². The van der Waals surface area contributed by atoms with Crippen molar-refractivity contribution in [3.63, 3.8) is 0 Å². The monoisotopic (exact) mass is 151 g/mol. The second-order valence-electron chi connectivity index (χ2n) is 2.55. The molecule has 0 heterocycles. The van der Waals surface area contributed by atoms with Gasteiger partial charge >= 0.3 is 0 Å². The lowest BCUT2D eigenvalue weighted by molar-refractivity contribution is 1.11. The summed E-state index contributed by atoms with van der Waals surface area (Å²) in [5.41, 5.74) is 2.53. The molecule has 0 spiro atoms. The van der Waals surface area contributed by atoms with Crippen LogP contribution in [0.3, 0.4) is 0 Å². The van der Waals surface area contributed by atoms with E-state index >= 15 is 0 Å². The molecular formula is C9H11S. The normalized spacial score (nSPS) is 13.1. The second-order valence-corrected chi connectivity index (χ2v) is 3.26. The first kappa shape index (κ1) is 7.67. The molecule has 0 N–H and O–H groups in total. The Balaban J connectivity index is 2.89. The molecule has 0 aliphatic rings. The van der Waals surface area contributed by atoms with E-state index in [-0.39, 0.29) is 5.25 Å². The van der Waals surface area contributed by atoms with Gasteiger partial charge in [0.2, 0.25) is 0 Å². The van der Waals surface area contributed by atoms with Gasteiger partial charge in [-0.25, -0.2) is 0 Å². The minimum Gasteiger partial charge on any atom is -0.0856 e. The molecule has 53 valence electrons. The van der Waals surface area contributed by atoms with Gasteiger partial charge in [-0.15, -0.1) is 0 Å². The molecule has 1 heteroatoms. The fourth-order valence-corrected chi connectivity index (χ4v) is 0.995. The summed E-state index contributed by atoms with van der Waals surface area (Å²) in [4.78, 5) is 0. The average Bonchev–Trinajstić information content (AvgIpc) is 1.88. The minimum absolute atomic E-state index is 0.237. The maximum atomic E-state index is 5.09. The summed E-state index contributed by atoms with van der Waals surface area (Å²) in [7, 11) is 0. The first-order chi connectivity index (χ1) is 4.70. The highest BCUT2D eigenvalue weighted by Crippen LogP contribution is 2.18. The van der Waals surface area contributed by atoms with Crippen LogP contribution in [0.1, 0.15) is 23.3 Å². The van der Waals surface area contributed by atoms with Crippen LogP contribution in [-0.4, -0.2) is 0 Å². The van der Waals surface area contributed by atoms with Gasteiger partial charge in [0.1, 0.15) is 0 Å². The summed E-state index contributed by atoms with van der Waals surface area (Å²) in [5, 5.41) is 0.237. The smallest absolute Gasteiger partial charge is 0.0373 e. The zero-order valence-electron chi connectivity index (χ0n) is 6.29. The van der Waals surface area contributed by atoms with Crippen LogP contribution in [-0.2, 0) is 0 Å².